The summed E-state index contributed by atoms with van der Waals surface area (Å²) in [6, 6.07) is 8.01. The Morgan fingerprint density at radius 1 is 1.29 bits per heavy atom. The molecule has 3 rings (SSSR count). The van der Waals surface area contributed by atoms with Crippen molar-refractivity contribution in [1.29, 1.82) is 0 Å². The minimum absolute atomic E-state index is 0.0809. The molecule has 0 aliphatic rings. The zero-order chi connectivity index (χ0) is 20.1. The van der Waals surface area contributed by atoms with Crippen LogP contribution in [0, 0.1) is 6.92 Å². The van der Waals surface area contributed by atoms with E-state index in [9.17, 15) is 13.6 Å². The van der Waals surface area contributed by atoms with Crippen LogP contribution in [-0.2, 0) is 4.79 Å². The number of carbonyl (C=O) groups excluding carboxylic acids is 1. The van der Waals surface area contributed by atoms with Crippen LogP contribution in [0.4, 0.5) is 13.9 Å². The minimum Gasteiger partial charge on any atom is -0.493 e. The molecule has 6 nitrogen and oxygen atoms in total. The Morgan fingerprint density at radius 2 is 2.11 bits per heavy atom. The van der Waals surface area contributed by atoms with Crippen molar-refractivity contribution in [3.63, 3.8) is 0 Å². The number of amides is 1. The lowest BCUT2D eigenvalue weighted by Gasteiger charge is -2.10. The van der Waals surface area contributed by atoms with Crippen LogP contribution in [0.1, 0.15) is 11.3 Å². The second-order valence-electron chi connectivity index (χ2n) is 5.56. The zero-order valence-corrected chi connectivity index (χ0v) is 15.8. The molecule has 0 aliphatic carbocycles. The number of nitrogens with zero attached hydrogens (tertiary/aromatic N) is 1. The normalized spacial score (nSPS) is 11.2. The first kappa shape index (κ1) is 19.6. The van der Waals surface area contributed by atoms with Crippen LogP contribution >= 0.6 is 11.3 Å². The number of anilines is 1. The van der Waals surface area contributed by atoms with E-state index in [-0.39, 0.29) is 17.4 Å². The minimum atomic E-state index is -2.95. The number of aromatic nitrogens is 1. The molecule has 28 heavy (non-hydrogen) atoms. The Balaban J connectivity index is 1.64. The molecular weight excluding hydrogens is 390 g/mol. The molecule has 0 bridgehead atoms. The Morgan fingerprint density at radius 3 is 2.79 bits per heavy atom. The van der Waals surface area contributed by atoms with Crippen LogP contribution in [-0.4, -0.2) is 24.6 Å². The Labute approximate surface area is 163 Å². The molecule has 0 spiro atoms. The van der Waals surface area contributed by atoms with Crippen LogP contribution < -0.4 is 14.8 Å². The van der Waals surface area contributed by atoms with Crippen molar-refractivity contribution in [1.82, 2.24) is 4.98 Å². The summed E-state index contributed by atoms with van der Waals surface area (Å²) in [4.78, 5) is 16.4. The van der Waals surface area contributed by atoms with E-state index in [1.165, 1.54) is 48.8 Å². The molecular formula is C19H16F2N2O4S. The Kier molecular flexibility index (Phi) is 6.05. The van der Waals surface area contributed by atoms with Gasteiger partial charge in [0.05, 0.1) is 7.11 Å². The predicted molar refractivity (Wildman–Crippen MR) is 102 cm³/mol. The average Bonchev–Trinajstić information content (AvgIpc) is 3.29. The van der Waals surface area contributed by atoms with Gasteiger partial charge in [0.2, 0.25) is 5.91 Å². The summed E-state index contributed by atoms with van der Waals surface area (Å²) >= 11 is 1.27. The SMILES string of the molecule is COc1cc(/C=C/C(=O)Nc2nc(-c3ccc(C)o3)cs2)ccc1OC(F)F. The van der Waals surface area contributed by atoms with Crippen molar-refractivity contribution in [3.8, 4) is 23.0 Å². The molecule has 2 heterocycles. The van der Waals surface area contributed by atoms with Gasteiger partial charge in [-0.15, -0.1) is 11.3 Å². The first-order valence-electron chi connectivity index (χ1n) is 8.09. The summed E-state index contributed by atoms with van der Waals surface area (Å²) in [5.41, 5.74) is 1.22. The van der Waals surface area contributed by atoms with Crippen LogP contribution in [0.5, 0.6) is 11.5 Å². The molecule has 0 fully saturated rings. The molecule has 0 saturated carbocycles. The maximum absolute atomic E-state index is 12.4. The fourth-order valence-electron chi connectivity index (χ4n) is 2.32. The van der Waals surface area contributed by atoms with E-state index >= 15 is 0 Å². The Bertz CT molecular complexity index is 997. The van der Waals surface area contributed by atoms with Gasteiger partial charge in [-0.25, -0.2) is 4.98 Å². The molecule has 1 aromatic carbocycles. The van der Waals surface area contributed by atoms with Gasteiger partial charge in [-0.2, -0.15) is 8.78 Å². The highest BCUT2D eigenvalue weighted by Crippen LogP contribution is 2.30. The van der Waals surface area contributed by atoms with Crippen molar-refractivity contribution in [2.24, 2.45) is 0 Å². The second-order valence-corrected chi connectivity index (χ2v) is 6.42. The van der Waals surface area contributed by atoms with Gasteiger partial charge < -0.3 is 13.9 Å². The number of halogens is 2. The van der Waals surface area contributed by atoms with E-state index < -0.39 is 6.61 Å². The van der Waals surface area contributed by atoms with E-state index in [2.05, 4.69) is 15.0 Å². The molecule has 146 valence electrons. The van der Waals surface area contributed by atoms with Gasteiger partial charge in [0, 0.05) is 11.5 Å². The number of ether oxygens (including phenoxy) is 2. The van der Waals surface area contributed by atoms with Crippen molar-refractivity contribution in [2.45, 2.75) is 13.5 Å². The lowest BCUT2D eigenvalue weighted by atomic mass is 10.2. The molecule has 0 aliphatic heterocycles. The quantitative estimate of drug-likeness (QED) is 0.561. The lowest BCUT2D eigenvalue weighted by molar-refractivity contribution is -0.111. The molecule has 0 saturated heterocycles. The van der Waals surface area contributed by atoms with Crippen LogP contribution in [0.25, 0.3) is 17.5 Å². The van der Waals surface area contributed by atoms with Gasteiger partial charge >= 0.3 is 6.61 Å². The Hall–Kier alpha value is -3.20. The van der Waals surface area contributed by atoms with Gasteiger partial charge in [0.1, 0.15) is 11.5 Å². The van der Waals surface area contributed by atoms with E-state index in [4.69, 9.17) is 9.15 Å². The number of aryl methyl sites for hydroxylation is 1. The van der Waals surface area contributed by atoms with Gasteiger partial charge in [-0.05, 0) is 42.8 Å². The van der Waals surface area contributed by atoms with Gasteiger partial charge in [0.15, 0.2) is 22.4 Å². The van der Waals surface area contributed by atoms with Crippen LogP contribution in [0.2, 0.25) is 0 Å². The predicted octanol–water partition coefficient (Wildman–Crippen LogP) is 4.97. The standard InChI is InChI=1S/C19H16F2N2O4S/c1-11-3-6-14(26-11)13-10-28-19(22-13)23-17(24)8-5-12-4-7-15(27-18(20)21)16(9-12)25-2/h3-10,18H,1-2H3,(H,22,23,24)/b8-5+. The molecule has 1 amide bonds. The zero-order valence-electron chi connectivity index (χ0n) is 14.9. The number of methoxy groups -OCH3 is 1. The number of thiazole rings is 1. The summed E-state index contributed by atoms with van der Waals surface area (Å²) in [5.74, 6) is 1.08. The fourth-order valence-corrected chi connectivity index (χ4v) is 3.02. The first-order valence-corrected chi connectivity index (χ1v) is 8.97. The molecule has 0 atom stereocenters. The third-order valence-corrected chi connectivity index (χ3v) is 4.32. The molecule has 0 radical (unpaired) electrons. The monoisotopic (exact) mass is 406 g/mol. The first-order chi connectivity index (χ1) is 13.4. The van der Waals surface area contributed by atoms with E-state index in [0.717, 1.165) is 5.76 Å². The largest absolute Gasteiger partial charge is 0.493 e. The number of benzene rings is 1. The highest BCUT2D eigenvalue weighted by atomic mass is 32.1. The van der Waals surface area contributed by atoms with Gasteiger partial charge in [-0.1, -0.05) is 6.07 Å². The van der Waals surface area contributed by atoms with Gasteiger partial charge in [-0.3, -0.25) is 10.1 Å². The maximum atomic E-state index is 12.4. The number of nitrogens with one attached hydrogen (secondary N) is 1. The average molecular weight is 406 g/mol. The molecule has 1 N–H and O–H groups in total. The highest BCUT2D eigenvalue weighted by Gasteiger charge is 2.11. The van der Waals surface area contributed by atoms with Crippen molar-refractivity contribution >= 4 is 28.5 Å². The molecule has 0 unspecified atom stereocenters. The summed E-state index contributed by atoms with van der Waals surface area (Å²) in [6.45, 7) is -1.11. The highest BCUT2D eigenvalue weighted by molar-refractivity contribution is 7.14. The summed E-state index contributed by atoms with van der Waals surface area (Å²) in [5, 5.41) is 4.87. The fraction of sp³-hybridized carbons (Fsp3) is 0.158. The third kappa shape index (κ3) is 4.95. The van der Waals surface area contributed by atoms with Crippen LogP contribution in [0.15, 0.2) is 46.2 Å². The van der Waals surface area contributed by atoms with Crippen molar-refractivity contribution < 1.29 is 27.5 Å². The number of alkyl halides is 2. The molecule has 2 aromatic heterocycles. The summed E-state index contributed by atoms with van der Waals surface area (Å²) in [6.07, 6.45) is 2.83. The number of furan rings is 1. The third-order valence-electron chi connectivity index (χ3n) is 3.56. The number of hydrogen-bond acceptors (Lipinski definition) is 6. The molecule has 9 heteroatoms. The number of hydrogen-bond donors (Lipinski definition) is 1. The second kappa shape index (κ2) is 8.66. The summed E-state index contributed by atoms with van der Waals surface area (Å²) < 4.78 is 39.6. The van der Waals surface area contributed by atoms with E-state index in [1.54, 1.807) is 5.38 Å². The topological polar surface area (TPSA) is 73.6 Å². The lowest BCUT2D eigenvalue weighted by Crippen LogP contribution is -2.07. The van der Waals surface area contributed by atoms with Crippen LogP contribution in [0.3, 0.4) is 0 Å². The molecule has 3 aromatic rings. The van der Waals surface area contributed by atoms with Gasteiger partial charge in [0.25, 0.3) is 0 Å². The number of rotatable bonds is 7. The smallest absolute Gasteiger partial charge is 0.387 e. The van der Waals surface area contributed by atoms with E-state index in [0.29, 0.717) is 22.1 Å². The maximum Gasteiger partial charge on any atom is 0.387 e. The summed E-state index contributed by atoms with van der Waals surface area (Å²) in [7, 11) is 1.34. The van der Waals surface area contributed by atoms with Crippen molar-refractivity contribution in [2.75, 3.05) is 12.4 Å². The number of carbonyl (C=O) groups is 1. The van der Waals surface area contributed by atoms with E-state index in [1.807, 2.05) is 19.1 Å². The van der Waals surface area contributed by atoms with Crippen molar-refractivity contribution in [3.05, 3.63) is 53.1 Å².